The monoisotopic (exact) mass is 209 g/mol. The zero-order valence-corrected chi connectivity index (χ0v) is 8.67. The summed E-state index contributed by atoms with van der Waals surface area (Å²) < 4.78 is 5.12. The lowest BCUT2D eigenvalue weighted by molar-refractivity contribution is 0.422. The van der Waals surface area contributed by atoms with Crippen molar-refractivity contribution in [1.29, 1.82) is 0 Å². The van der Waals surface area contributed by atoms with Crippen molar-refractivity contribution in [3.8, 4) is 11.5 Å². The van der Waals surface area contributed by atoms with Crippen LogP contribution in [0.25, 0.3) is 11.5 Å². The molecule has 0 unspecified atom stereocenters. The minimum Gasteiger partial charge on any atom is -0.334 e. The third-order valence-corrected chi connectivity index (χ3v) is 2.52. The van der Waals surface area contributed by atoms with Crippen LogP contribution in [0.2, 0.25) is 0 Å². The molecule has 14 heavy (non-hydrogen) atoms. The lowest BCUT2D eigenvalue weighted by Gasteiger charge is -1.90. The summed E-state index contributed by atoms with van der Waals surface area (Å²) >= 11 is 1.62. The summed E-state index contributed by atoms with van der Waals surface area (Å²) in [5, 5.41) is 10.9. The van der Waals surface area contributed by atoms with Crippen LogP contribution in [-0.4, -0.2) is 23.7 Å². The van der Waals surface area contributed by atoms with Gasteiger partial charge in [-0.1, -0.05) is 5.16 Å². The van der Waals surface area contributed by atoms with Gasteiger partial charge in [-0.3, -0.25) is 0 Å². The Labute approximate surface area is 86.0 Å². The van der Waals surface area contributed by atoms with E-state index in [-0.39, 0.29) is 0 Å². The van der Waals surface area contributed by atoms with Gasteiger partial charge in [-0.25, -0.2) is 0 Å². The number of rotatable bonds is 4. The van der Waals surface area contributed by atoms with Gasteiger partial charge < -0.3 is 9.84 Å². The summed E-state index contributed by atoms with van der Waals surface area (Å²) in [7, 11) is 1.90. The largest absolute Gasteiger partial charge is 0.334 e. The van der Waals surface area contributed by atoms with Crippen LogP contribution in [0.5, 0.6) is 0 Å². The number of hydrogen-bond acceptors (Lipinski definition) is 5. The van der Waals surface area contributed by atoms with Crippen LogP contribution in [0, 0.1) is 0 Å². The molecular formula is C9H11N3OS. The van der Waals surface area contributed by atoms with Crippen LogP contribution >= 0.6 is 11.3 Å². The molecule has 5 heteroatoms. The Morgan fingerprint density at radius 3 is 3.21 bits per heavy atom. The Morgan fingerprint density at radius 1 is 1.57 bits per heavy atom. The maximum Gasteiger partial charge on any atom is 0.258 e. The van der Waals surface area contributed by atoms with Gasteiger partial charge in [0.05, 0.1) is 5.56 Å². The molecule has 2 aromatic rings. The van der Waals surface area contributed by atoms with E-state index in [9.17, 15) is 0 Å². The molecule has 0 bridgehead atoms. The summed E-state index contributed by atoms with van der Waals surface area (Å²) in [5.41, 5.74) is 0.998. The average molecular weight is 209 g/mol. The van der Waals surface area contributed by atoms with E-state index < -0.39 is 0 Å². The van der Waals surface area contributed by atoms with Crippen molar-refractivity contribution in [3.05, 3.63) is 22.7 Å². The van der Waals surface area contributed by atoms with E-state index in [0.717, 1.165) is 24.4 Å². The van der Waals surface area contributed by atoms with Crippen molar-refractivity contribution in [2.24, 2.45) is 0 Å². The van der Waals surface area contributed by atoms with Gasteiger partial charge in [0.15, 0.2) is 5.82 Å². The van der Waals surface area contributed by atoms with Crippen LogP contribution in [-0.2, 0) is 6.42 Å². The first-order valence-electron chi connectivity index (χ1n) is 4.40. The fourth-order valence-corrected chi connectivity index (χ4v) is 1.73. The molecule has 0 aliphatic rings. The van der Waals surface area contributed by atoms with E-state index >= 15 is 0 Å². The number of thiophene rings is 1. The molecule has 0 radical (unpaired) electrons. The molecule has 0 aromatic carbocycles. The highest BCUT2D eigenvalue weighted by atomic mass is 32.1. The van der Waals surface area contributed by atoms with Crippen molar-refractivity contribution in [1.82, 2.24) is 15.5 Å². The molecule has 2 rings (SSSR count). The van der Waals surface area contributed by atoms with Crippen molar-refractivity contribution < 1.29 is 4.52 Å². The first kappa shape index (κ1) is 9.36. The van der Waals surface area contributed by atoms with Gasteiger partial charge >= 0.3 is 0 Å². The van der Waals surface area contributed by atoms with Crippen LogP contribution < -0.4 is 5.32 Å². The quantitative estimate of drug-likeness (QED) is 0.830. The number of hydrogen-bond donors (Lipinski definition) is 1. The molecule has 0 spiro atoms. The average Bonchev–Trinajstić information content (AvgIpc) is 2.85. The normalized spacial score (nSPS) is 10.6. The second-order valence-electron chi connectivity index (χ2n) is 2.88. The molecule has 1 N–H and O–H groups in total. The second kappa shape index (κ2) is 4.34. The molecule has 4 nitrogen and oxygen atoms in total. The highest BCUT2D eigenvalue weighted by Gasteiger charge is 2.07. The molecule has 0 fully saturated rings. The van der Waals surface area contributed by atoms with Crippen molar-refractivity contribution in [3.63, 3.8) is 0 Å². The van der Waals surface area contributed by atoms with Crippen molar-refractivity contribution in [2.75, 3.05) is 13.6 Å². The third-order valence-electron chi connectivity index (χ3n) is 1.83. The van der Waals surface area contributed by atoms with Gasteiger partial charge in [0, 0.05) is 18.3 Å². The number of aromatic nitrogens is 2. The molecule has 0 aliphatic heterocycles. The molecular weight excluding hydrogens is 198 g/mol. The lowest BCUT2D eigenvalue weighted by Crippen LogP contribution is -2.10. The summed E-state index contributed by atoms with van der Waals surface area (Å²) in [4.78, 5) is 4.28. The molecule has 0 amide bonds. The van der Waals surface area contributed by atoms with Gasteiger partial charge in [-0.15, -0.1) is 0 Å². The molecule has 0 saturated heterocycles. The van der Waals surface area contributed by atoms with Crippen LogP contribution in [0.15, 0.2) is 21.3 Å². The Kier molecular flexibility index (Phi) is 2.90. The maximum atomic E-state index is 5.12. The molecule has 0 saturated carbocycles. The van der Waals surface area contributed by atoms with Crippen LogP contribution in [0.1, 0.15) is 5.82 Å². The first-order valence-corrected chi connectivity index (χ1v) is 5.34. The predicted octanol–water partition coefficient (Wildman–Crippen LogP) is 1.56. The van der Waals surface area contributed by atoms with E-state index in [1.165, 1.54) is 0 Å². The Balaban J connectivity index is 2.10. The highest BCUT2D eigenvalue weighted by molar-refractivity contribution is 7.08. The standard InChI is InChI=1S/C9H11N3OS/c1-10-4-2-8-11-9(13-12-8)7-3-5-14-6-7/h3,5-6,10H,2,4H2,1H3. The zero-order valence-electron chi connectivity index (χ0n) is 7.86. The lowest BCUT2D eigenvalue weighted by atomic mass is 10.3. The summed E-state index contributed by atoms with van der Waals surface area (Å²) in [6.45, 7) is 0.864. The molecule has 2 aromatic heterocycles. The van der Waals surface area contributed by atoms with E-state index in [4.69, 9.17) is 4.52 Å². The Bertz CT molecular complexity index is 382. The van der Waals surface area contributed by atoms with Gasteiger partial charge in [0.1, 0.15) is 0 Å². The predicted molar refractivity (Wildman–Crippen MR) is 55.2 cm³/mol. The van der Waals surface area contributed by atoms with Crippen molar-refractivity contribution >= 4 is 11.3 Å². The van der Waals surface area contributed by atoms with Crippen molar-refractivity contribution in [2.45, 2.75) is 6.42 Å². The van der Waals surface area contributed by atoms with Gasteiger partial charge in [0.25, 0.3) is 5.89 Å². The number of nitrogens with one attached hydrogen (secondary N) is 1. The van der Waals surface area contributed by atoms with Crippen LogP contribution in [0.4, 0.5) is 0 Å². The summed E-state index contributed by atoms with van der Waals surface area (Å²) in [6, 6.07) is 1.97. The highest BCUT2D eigenvalue weighted by Crippen LogP contribution is 2.19. The SMILES string of the molecule is CNCCc1noc(-c2ccsc2)n1. The molecule has 2 heterocycles. The van der Waals surface area contributed by atoms with E-state index in [0.29, 0.717) is 5.89 Å². The molecule has 0 atom stereocenters. The van der Waals surface area contributed by atoms with Gasteiger partial charge in [-0.05, 0) is 18.5 Å². The minimum absolute atomic E-state index is 0.609. The topological polar surface area (TPSA) is 51.0 Å². The van der Waals surface area contributed by atoms with E-state index in [1.54, 1.807) is 11.3 Å². The second-order valence-corrected chi connectivity index (χ2v) is 3.66. The molecule has 74 valence electrons. The molecule has 0 aliphatic carbocycles. The third kappa shape index (κ3) is 2.00. The minimum atomic E-state index is 0.609. The van der Waals surface area contributed by atoms with E-state index in [1.807, 2.05) is 23.9 Å². The summed E-state index contributed by atoms with van der Waals surface area (Å²) in [5.74, 6) is 1.36. The van der Waals surface area contributed by atoms with Crippen LogP contribution in [0.3, 0.4) is 0 Å². The van der Waals surface area contributed by atoms with Gasteiger partial charge in [0.2, 0.25) is 0 Å². The number of likely N-dealkylation sites (N-methyl/N-ethyl adjacent to an activating group) is 1. The smallest absolute Gasteiger partial charge is 0.258 e. The Hall–Kier alpha value is -1.20. The first-order chi connectivity index (χ1) is 6.90. The van der Waals surface area contributed by atoms with E-state index in [2.05, 4.69) is 15.5 Å². The summed E-state index contributed by atoms with van der Waals surface area (Å²) in [6.07, 6.45) is 0.796. The fourth-order valence-electron chi connectivity index (χ4n) is 1.10. The van der Waals surface area contributed by atoms with Gasteiger partial charge in [-0.2, -0.15) is 16.3 Å². The Morgan fingerprint density at radius 2 is 2.50 bits per heavy atom. The fraction of sp³-hybridized carbons (Fsp3) is 0.333. The zero-order chi connectivity index (χ0) is 9.80. The number of nitrogens with zero attached hydrogens (tertiary/aromatic N) is 2. The maximum absolute atomic E-state index is 5.12.